The Morgan fingerprint density at radius 3 is 1.95 bits per heavy atom. The highest BCUT2D eigenvalue weighted by Crippen LogP contribution is 2.36. The molecule has 0 fully saturated rings. The first-order chi connectivity index (χ1) is 8.67. The van der Waals surface area contributed by atoms with Crippen LogP contribution >= 0.6 is 10.7 Å². The van der Waals surface area contributed by atoms with Gasteiger partial charge in [0.15, 0.2) is 0 Å². The summed E-state index contributed by atoms with van der Waals surface area (Å²) < 4.78 is 28.3. The van der Waals surface area contributed by atoms with E-state index in [0.29, 0.717) is 11.3 Å². The lowest BCUT2D eigenvalue weighted by Crippen LogP contribution is -2.07. The molecular weight excluding hydrogens is 284 g/mol. The number of hydrogen-bond acceptors (Lipinski definition) is 3. The van der Waals surface area contributed by atoms with Crippen LogP contribution in [0.15, 0.2) is 12.1 Å². The first-order valence-corrected chi connectivity index (χ1v) is 8.77. The van der Waals surface area contributed by atoms with E-state index in [4.69, 9.17) is 15.4 Å². The molecule has 0 saturated carbocycles. The van der Waals surface area contributed by atoms with Crippen molar-refractivity contribution in [3.63, 3.8) is 0 Å². The second kappa shape index (κ2) is 6.14. The quantitative estimate of drug-likeness (QED) is 0.772. The van der Waals surface area contributed by atoms with Crippen LogP contribution in [0.5, 0.6) is 5.75 Å². The molecule has 1 aromatic carbocycles. The van der Waals surface area contributed by atoms with Crippen molar-refractivity contribution in [1.82, 2.24) is 0 Å². The lowest BCUT2D eigenvalue weighted by molar-refractivity contribution is 0.402. The number of rotatable bonds is 5. The first kappa shape index (κ1) is 16.3. The monoisotopic (exact) mass is 304 g/mol. The fourth-order valence-corrected chi connectivity index (χ4v) is 3.19. The van der Waals surface area contributed by atoms with Crippen molar-refractivity contribution >= 4 is 19.7 Å². The molecule has 0 unspecified atom stereocenters. The summed E-state index contributed by atoms with van der Waals surface area (Å²) in [5.74, 6) is 0.910. The molecule has 0 amide bonds. The number of halogens is 1. The van der Waals surface area contributed by atoms with Crippen LogP contribution < -0.4 is 4.74 Å². The van der Waals surface area contributed by atoms with Gasteiger partial charge < -0.3 is 4.74 Å². The maximum Gasteiger partial charge on any atom is 0.236 e. The number of methoxy groups -OCH3 is 1. The van der Waals surface area contributed by atoms with Crippen LogP contribution in [0, 0.1) is 0 Å². The Labute approximate surface area is 120 Å². The highest BCUT2D eigenvalue weighted by molar-refractivity contribution is 8.13. The number of benzene rings is 1. The Morgan fingerprint density at radius 2 is 1.58 bits per heavy atom. The SMILES string of the molecule is COc1c(C(C)C)ccc(C(C)C)c1CS(=O)(=O)Cl. The van der Waals surface area contributed by atoms with E-state index in [1.54, 1.807) is 7.11 Å². The zero-order chi connectivity index (χ0) is 14.8. The minimum Gasteiger partial charge on any atom is -0.496 e. The predicted octanol–water partition coefficient (Wildman–Crippen LogP) is 4.01. The zero-order valence-corrected chi connectivity index (χ0v) is 13.6. The van der Waals surface area contributed by atoms with Gasteiger partial charge in [0.25, 0.3) is 0 Å². The summed E-state index contributed by atoms with van der Waals surface area (Å²) >= 11 is 0. The van der Waals surface area contributed by atoms with E-state index in [1.807, 2.05) is 39.8 Å². The van der Waals surface area contributed by atoms with Crippen LogP contribution in [-0.4, -0.2) is 15.5 Å². The maximum atomic E-state index is 11.4. The van der Waals surface area contributed by atoms with E-state index < -0.39 is 9.05 Å². The van der Waals surface area contributed by atoms with Gasteiger partial charge in [-0.15, -0.1) is 0 Å². The molecule has 0 N–H and O–H groups in total. The van der Waals surface area contributed by atoms with E-state index in [1.165, 1.54) is 0 Å². The lowest BCUT2D eigenvalue weighted by Gasteiger charge is -2.20. The molecule has 3 nitrogen and oxygen atoms in total. The summed E-state index contributed by atoms with van der Waals surface area (Å²) in [6.07, 6.45) is 0. The van der Waals surface area contributed by atoms with E-state index >= 15 is 0 Å². The molecule has 5 heteroatoms. The summed E-state index contributed by atoms with van der Waals surface area (Å²) in [5.41, 5.74) is 2.64. The van der Waals surface area contributed by atoms with Gasteiger partial charge in [-0.05, 0) is 23.0 Å². The topological polar surface area (TPSA) is 43.4 Å². The van der Waals surface area contributed by atoms with Gasteiger partial charge in [-0.3, -0.25) is 0 Å². The summed E-state index contributed by atoms with van der Waals surface area (Å²) in [6.45, 7) is 8.14. The van der Waals surface area contributed by atoms with E-state index in [2.05, 4.69) is 0 Å². The van der Waals surface area contributed by atoms with E-state index in [9.17, 15) is 8.42 Å². The molecule has 19 heavy (non-hydrogen) atoms. The van der Waals surface area contributed by atoms with Crippen molar-refractivity contribution in [3.8, 4) is 5.75 Å². The van der Waals surface area contributed by atoms with Gasteiger partial charge in [-0.2, -0.15) is 0 Å². The van der Waals surface area contributed by atoms with Crippen molar-refractivity contribution in [2.24, 2.45) is 0 Å². The molecule has 0 aliphatic carbocycles. The molecule has 108 valence electrons. The van der Waals surface area contributed by atoms with E-state index in [-0.39, 0.29) is 17.6 Å². The second-order valence-corrected chi connectivity index (χ2v) is 8.03. The zero-order valence-electron chi connectivity index (χ0n) is 12.0. The van der Waals surface area contributed by atoms with Crippen LogP contribution in [0.1, 0.15) is 56.2 Å². The molecule has 0 atom stereocenters. The molecular formula is C14H21ClO3S. The fourth-order valence-electron chi connectivity index (χ4n) is 2.22. The molecule has 0 heterocycles. The van der Waals surface area contributed by atoms with Gasteiger partial charge >= 0.3 is 0 Å². The van der Waals surface area contributed by atoms with E-state index in [0.717, 1.165) is 11.1 Å². The summed E-state index contributed by atoms with van der Waals surface area (Å²) in [4.78, 5) is 0. The first-order valence-electron chi connectivity index (χ1n) is 6.29. The normalized spacial score (nSPS) is 12.2. The minimum atomic E-state index is -3.62. The molecule has 0 aliphatic heterocycles. The second-order valence-electron chi connectivity index (χ2n) is 5.25. The predicted molar refractivity (Wildman–Crippen MR) is 79.6 cm³/mol. The highest BCUT2D eigenvalue weighted by atomic mass is 35.7. The van der Waals surface area contributed by atoms with Crippen molar-refractivity contribution in [1.29, 1.82) is 0 Å². The van der Waals surface area contributed by atoms with Crippen LogP contribution in [0.2, 0.25) is 0 Å². The Kier molecular flexibility index (Phi) is 5.27. The van der Waals surface area contributed by atoms with Gasteiger partial charge in [-0.1, -0.05) is 39.8 Å². The Morgan fingerprint density at radius 1 is 1.11 bits per heavy atom. The Balaban J connectivity index is 3.54. The van der Waals surface area contributed by atoms with Gasteiger partial charge in [0.1, 0.15) is 5.75 Å². The average molecular weight is 305 g/mol. The third-order valence-corrected chi connectivity index (χ3v) is 4.05. The van der Waals surface area contributed by atoms with Crippen LogP contribution in [-0.2, 0) is 14.8 Å². The Bertz CT molecular complexity index is 548. The Hall–Kier alpha value is -0.740. The molecule has 1 aromatic rings. The summed E-state index contributed by atoms with van der Waals surface area (Å²) in [5, 5.41) is 0. The van der Waals surface area contributed by atoms with Gasteiger partial charge in [0, 0.05) is 16.2 Å². The number of hydrogen-bond donors (Lipinski definition) is 0. The molecule has 0 bridgehead atoms. The molecule has 0 saturated heterocycles. The fraction of sp³-hybridized carbons (Fsp3) is 0.571. The maximum absolute atomic E-state index is 11.4. The van der Waals surface area contributed by atoms with Gasteiger partial charge in [-0.25, -0.2) is 8.42 Å². The molecule has 0 spiro atoms. The average Bonchev–Trinajstić information content (AvgIpc) is 2.25. The third-order valence-electron chi connectivity index (χ3n) is 3.09. The molecule has 0 aliphatic rings. The highest BCUT2D eigenvalue weighted by Gasteiger charge is 2.21. The van der Waals surface area contributed by atoms with Gasteiger partial charge in [0.2, 0.25) is 9.05 Å². The minimum absolute atomic E-state index is 0.203. The van der Waals surface area contributed by atoms with Gasteiger partial charge in [0.05, 0.1) is 12.9 Å². The standard InChI is InChI=1S/C14H21ClO3S/c1-9(2)11-6-7-12(10(3)4)14(18-5)13(11)8-19(15,16)17/h6-7,9-10H,8H2,1-5H3. The van der Waals surface area contributed by atoms with Crippen molar-refractivity contribution in [3.05, 3.63) is 28.8 Å². The summed E-state index contributed by atoms with van der Waals surface area (Å²) in [7, 11) is 3.37. The molecule has 1 rings (SSSR count). The molecule has 0 radical (unpaired) electrons. The third kappa shape index (κ3) is 4.11. The largest absolute Gasteiger partial charge is 0.496 e. The summed E-state index contributed by atoms with van der Waals surface area (Å²) in [6, 6.07) is 3.98. The lowest BCUT2D eigenvalue weighted by atomic mass is 9.91. The van der Waals surface area contributed by atoms with Crippen LogP contribution in [0.4, 0.5) is 0 Å². The van der Waals surface area contributed by atoms with Crippen LogP contribution in [0.3, 0.4) is 0 Å². The molecule has 0 aromatic heterocycles. The van der Waals surface area contributed by atoms with Crippen LogP contribution in [0.25, 0.3) is 0 Å². The van der Waals surface area contributed by atoms with Crippen molar-refractivity contribution < 1.29 is 13.2 Å². The smallest absolute Gasteiger partial charge is 0.236 e. The number of ether oxygens (including phenoxy) is 1. The van der Waals surface area contributed by atoms with Crippen molar-refractivity contribution in [2.75, 3.05) is 7.11 Å². The van der Waals surface area contributed by atoms with Crippen molar-refractivity contribution in [2.45, 2.75) is 45.3 Å².